The zero-order valence-corrected chi connectivity index (χ0v) is 17.3. The Morgan fingerprint density at radius 1 is 1.33 bits per heavy atom. The van der Waals surface area contributed by atoms with Crippen molar-refractivity contribution in [2.24, 2.45) is 5.92 Å². The molecule has 146 valence electrons. The van der Waals surface area contributed by atoms with Crippen LogP contribution in [-0.2, 0) is 6.42 Å². The minimum absolute atomic E-state index is 0.0398. The molecule has 0 bridgehead atoms. The maximum atomic E-state index is 12.5. The Bertz CT molecular complexity index is 753. The lowest BCUT2D eigenvalue weighted by Crippen LogP contribution is -2.40. The summed E-state index contributed by atoms with van der Waals surface area (Å²) in [7, 11) is 3.63. The van der Waals surface area contributed by atoms with Crippen LogP contribution < -0.4 is 4.74 Å². The monoisotopic (exact) mass is 387 g/mol. The molecule has 0 unspecified atom stereocenters. The number of likely N-dealkylation sites (tertiary alicyclic amines) is 1. The van der Waals surface area contributed by atoms with Crippen LogP contribution in [0.5, 0.6) is 5.75 Å². The van der Waals surface area contributed by atoms with Gasteiger partial charge >= 0.3 is 0 Å². The Labute approximate surface area is 166 Å². The molecular formula is C21H29N3O2S. The van der Waals surface area contributed by atoms with E-state index in [9.17, 15) is 4.79 Å². The van der Waals surface area contributed by atoms with Crippen molar-refractivity contribution in [1.29, 1.82) is 0 Å². The summed E-state index contributed by atoms with van der Waals surface area (Å²) in [5.74, 6) is 1.59. The average Bonchev–Trinajstić information content (AvgIpc) is 3.13. The molecule has 0 radical (unpaired) electrons. The third kappa shape index (κ3) is 5.30. The number of para-hydroxylation sites is 1. The summed E-state index contributed by atoms with van der Waals surface area (Å²) in [6, 6.07) is 8.25. The average molecular weight is 388 g/mol. The zero-order chi connectivity index (χ0) is 19.2. The van der Waals surface area contributed by atoms with E-state index in [4.69, 9.17) is 4.74 Å². The number of thiazole rings is 1. The summed E-state index contributed by atoms with van der Waals surface area (Å²) in [6.45, 7) is 5.99. The van der Waals surface area contributed by atoms with E-state index in [0.29, 0.717) is 11.6 Å². The molecule has 0 atom stereocenters. The molecule has 1 amide bonds. The van der Waals surface area contributed by atoms with E-state index < -0.39 is 0 Å². The topological polar surface area (TPSA) is 45.7 Å². The van der Waals surface area contributed by atoms with Crippen molar-refractivity contribution < 1.29 is 9.53 Å². The number of rotatable bonds is 7. The molecule has 1 saturated heterocycles. The largest absolute Gasteiger partial charge is 0.496 e. The number of ether oxygens (including phenoxy) is 1. The first-order valence-corrected chi connectivity index (χ1v) is 10.5. The molecule has 27 heavy (non-hydrogen) atoms. The number of piperidine rings is 1. The Hall–Kier alpha value is -1.92. The molecule has 1 aromatic heterocycles. The zero-order valence-electron chi connectivity index (χ0n) is 16.5. The van der Waals surface area contributed by atoms with Gasteiger partial charge in [0.1, 0.15) is 11.4 Å². The first kappa shape index (κ1) is 19.8. The van der Waals surface area contributed by atoms with Crippen molar-refractivity contribution in [3.63, 3.8) is 0 Å². The van der Waals surface area contributed by atoms with Gasteiger partial charge in [-0.3, -0.25) is 4.79 Å². The Morgan fingerprint density at radius 3 is 2.74 bits per heavy atom. The van der Waals surface area contributed by atoms with Crippen LogP contribution in [0, 0.1) is 12.8 Å². The van der Waals surface area contributed by atoms with Gasteiger partial charge in [-0.2, -0.15) is 0 Å². The van der Waals surface area contributed by atoms with E-state index in [1.165, 1.54) is 16.9 Å². The lowest BCUT2D eigenvalue weighted by molar-refractivity contribution is 0.0735. The van der Waals surface area contributed by atoms with E-state index in [0.717, 1.165) is 56.2 Å². The third-order valence-corrected chi connectivity index (χ3v) is 6.09. The fraction of sp³-hybridized carbons (Fsp3) is 0.524. The number of amides is 1. The quantitative estimate of drug-likeness (QED) is 0.730. The number of hydrogen-bond donors (Lipinski definition) is 0. The molecule has 1 aliphatic heterocycles. The summed E-state index contributed by atoms with van der Waals surface area (Å²) in [4.78, 5) is 21.1. The van der Waals surface area contributed by atoms with Crippen LogP contribution in [0.3, 0.4) is 0 Å². The van der Waals surface area contributed by atoms with Crippen molar-refractivity contribution >= 4 is 17.2 Å². The lowest BCUT2D eigenvalue weighted by Gasteiger charge is -2.33. The van der Waals surface area contributed by atoms with Crippen LogP contribution in [0.1, 0.15) is 33.9 Å². The predicted molar refractivity (Wildman–Crippen MR) is 110 cm³/mol. The van der Waals surface area contributed by atoms with E-state index in [2.05, 4.69) is 22.0 Å². The minimum Gasteiger partial charge on any atom is -0.496 e. The Kier molecular flexibility index (Phi) is 6.85. The van der Waals surface area contributed by atoms with E-state index in [1.807, 2.05) is 36.4 Å². The number of methoxy groups -OCH3 is 1. The van der Waals surface area contributed by atoms with E-state index >= 15 is 0 Å². The van der Waals surface area contributed by atoms with Gasteiger partial charge in [0.05, 0.1) is 12.1 Å². The highest BCUT2D eigenvalue weighted by Crippen LogP contribution is 2.22. The van der Waals surface area contributed by atoms with Gasteiger partial charge in [0.2, 0.25) is 0 Å². The highest BCUT2D eigenvalue weighted by atomic mass is 32.1. The molecule has 3 rings (SSSR count). The Morgan fingerprint density at radius 2 is 2.07 bits per heavy atom. The standard InChI is InChI=1S/C21H29N3O2S/c1-16-22-19(15-27-16)21(25)23(2)14-17-8-11-24(12-9-17)13-10-18-6-4-5-7-20(18)26-3/h4-7,15,17H,8-14H2,1-3H3. The molecule has 2 heterocycles. The molecule has 1 aromatic carbocycles. The smallest absolute Gasteiger partial charge is 0.273 e. The van der Waals surface area contributed by atoms with Crippen LogP contribution in [0.4, 0.5) is 0 Å². The van der Waals surface area contributed by atoms with E-state index in [1.54, 1.807) is 7.11 Å². The predicted octanol–water partition coefficient (Wildman–Crippen LogP) is 3.49. The molecule has 6 heteroatoms. The number of benzene rings is 1. The van der Waals surface area contributed by atoms with Crippen LogP contribution in [0.15, 0.2) is 29.6 Å². The first-order valence-electron chi connectivity index (χ1n) is 9.58. The number of carbonyl (C=O) groups excluding carboxylic acids is 1. The van der Waals surface area contributed by atoms with Gasteiger partial charge in [0.25, 0.3) is 5.91 Å². The number of carbonyl (C=O) groups is 1. The number of nitrogens with zero attached hydrogens (tertiary/aromatic N) is 3. The van der Waals surface area contributed by atoms with Crippen molar-refractivity contribution in [2.45, 2.75) is 26.2 Å². The van der Waals surface area contributed by atoms with Crippen LogP contribution in [0.2, 0.25) is 0 Å². The lowest BCUT2D eigenvalue weighted by atomic mass is 9.96. The van der Waals surface area contributed by atoms with Gasteiger partial charge < -0.3 is 14.5 Å². The van der Waals surface area contributed by atoms with Crippen LogP contribution in [-0.4, -0.2) is 61.0 Å². The van der Waals surface area contributed by atoms with Gasteiger partial charge in [0.15, 0.2) is 0 Å². The van der Waals surface area contributed by atoms with Crippen LogP contribution >= 0.6 is 11.3 Å². The SMILES string of the molecule is COc1ccccc1CCN1CCC(CN(C)C(=O)c2csc(C)n2)CC1. The van der Waals surface area contributed by atoms with Gasteiger partial charge in [-0.15, -0.1) is 11.3 Å². The fourth-order valence-electron chi connectivity index (χ4n) is 3.71. The molecule has 1 fully saturated rings. The highest BCUT2D eigenvalue weighted by molar-refractivity contribution is 7.09. The first-order chi connectivity index (χ1) is 13.1. The molecule has 0 N–H and O–H groups in total. The maximum absolute atomic E-state index is 12.5. The molecule has 5 nitrogen and oxygen atoms in total. The maximum Gasteiger partial charge on any atom is 0.273 e. The molecule has 1 aliphatic rings. The van der Waals surface area contributed by atoms with Crippen molar-refractivity contribution in [1.82, 2.24) is 14.8 Å². The second-order valence-electron chi connectivity index (χ2n) is 7.28. The van der Waals surface area contributed by atoms with Crippen molar-refractivity contribution in [3.8, 4) is 5.75 Å². The molecule has 2 aromatic rings. The fourth-order valence-corrected chi connectivity index (χ4v) is 4.29. The van der Waals surface area contributed by atoms with Crippen LogP contribution in [0.25, 0.3) is 0 Å². The summed E-state index contributed by atoms with van der Waals surface area (Å²) in [5.41, 5.74) is 1.85. The van der Waals surface area contributed by atoms with Gasteiger partial charge in [0, 0.05) is 25.5 Å². The van der Waals surface area contributed by atoms with Gasteiger partial charge in [-0.25, -0.2) is 4.98 Å². The second kappa shape index (κ2) is 9.33. The minimum atomic E-state index is 0.0398. The number of aryl methyl sites for hydroxylation is 1. The third-order valence-electron chi connectivity index (χ3n) is 5.31. The summed E-state index contributed by atoms with van der Waals surface area (Å²) < 4.78 is 5.45. The molecular weight excluding hydrogens is 358 g/mol. The Balaban J connectivity index is 1.43. The van der Waals surface area contributed by atoms with Crippen molar-refractivity contribution in [2.75, 3.05) is 40.3 Å². The molecule has 0 saturated carbocycles. The highest BCUT2D eigenvalue weighted by Gasteiger charge is 2.23. The summed E-state index contributed by atoms with van der Waals surface area (Å²) in [6.07, 6.45) is 3.29. The number of hydrogen-bond acceptors (Lipinski definition) is 5. The normalized spacial score (nSPS) is 15.7. The van der Waals surface area contributed by atoms with Crippen molar-refractivity contribution in [3.05, 3.63) is 45.9 Å². The van der Waals surface area contributed by atoms with Gasteiger partial charge in [-0.1, -0.05) is 18.2 Å². The number of aromatic nitrogens is 1. The van der Waals surface area contributed by atoms with E-state index in [-0.39, 0.29) is 5.91 Å². The summed E-state index contributed by atoms with van der Waals surface area (Å²) in [5, 5.41) is 2.80. The molecule has 0 spiro atoms. The molecule has 0 aliphatic carbocycles. The van der Waals surface area contributed by atoms with Gasteiger partial charge in [-0.05, 0) is 56.8 Å². The summed E-state index contributed by atoms with van der Waals surface area (Å²) >= 11 is 1.53. The second-order valence-corrected chi connectivity index (χ2v) is 8.35.